The topological polar surface area (TPSA) is 91.2 Å². The van der Waals surface area contributed by atoms with Crippen molar-refractivity contribution < 1.29 is 4.79 Å². The molecule has 2 unspecified atom stereocenters. The van der Waals surface area contributed by atoms with Crippen LogP contribution >= 0.6 is 0 Å². The fourth-order valence-corrected chi connectivity index (χ4v) is 4.11. The minimum Gasteiger partial charge on any atom is -0.352 e. The predicted molar refractivity (Wildman–Crippen MR) is 96.3 cm³/mol. The summed E-state index contributed by atoms with van der Waals surface area (Å²) in [5.41, 5.74) is 1.70. The van der Waals surface area contributed by atoms with Gasteiger partial charge in [-0.25, -0.2) is 15.0 Å². The van der Waals surface area contributed by atoms with Gasteiger partial charge < -0.3 is 14.8 Å². The minimum atomic E-state index is -0.0499. The third-order valence-corrected chi connectivity index (χ3v) is 5.73. The van der Waals surface area contributed by atoms with Crippen LogP contribution in [-0.2, 0) is 11.8 Å². The number of carbonyl (C=O) groups excluding carboxylic acids is 1. The smallest absolute Gasteiger partial charge is 0.223 e. The van der Waals surface area contributed by atoms with Gasteiger partial charge >= 0.3 is 0 Å². The van der Waals surface area contributed by atoms with Gasteiger partial charge in [0.2, 0.25) is 5.91 Å². The molecule has 0 radical (unpaired) electrons. The molecule has 0 aromatic carbocycles. The molecule has 2 saturated heterocycles. The molecule has 5 rings (SSSR count). The lowest BCUT2D eigenvalue weighted by molar-refractivity contribution is -0.127. The molecule has 2 atom stereocenters. The first kappa shape index (κ1) is 16.0. The normalized spacial score (nSPS) is 27.7. The Balaban J connectivity index is 1.28. The number of hydrogen-bond acceptors (Lipinski definition) is 7. The molecule has 2 N–H and O–H groups in total. The number of nitrogens with zero attached hydrogens (tertiary/aromatic N) is 6. The fourth-order valence-electron chi connectivity index (χ4n) is 4.11. The second-order valence-electron chi connectivity index (χ2n) is 7.53. The highest BCUT2D eigenvalue weighted by Gasteiger charge is 2.39. The zero-order valence-corrected chi connectivity index (χ0v) is 14.9. The highest BCUT2D eigenvalue weighted by Crippen LogP contribution is 2.35. The summed E-state index contributed by atoms with van der Waals surface area (Å²) < 4.78 is 1.97. The zero-order chi connectivity index (χ0) is 17.7. The Bertz CT molecular complexity index is 823. The first-order chi connectivity index (χ1) is 12.7. The number of aryl methyl sites for hydroxylation is 1. The lowest BCUT2D eigenvalue weighted by Gasteiger charge is -2.43. The van der Waals surface area contributed by atoms with Crippen molar-refractivity contribution in [1.29, 1.82) is 0 Å². The molecule has 3 fully saturated rings. The summed E-state index contributed by atoms with van der Waals surface area (Å²) in [4.78, 5) is 29.8. The van der Waals surface area contributed by atoms with Crippen LogP contribution in [0.25, 0.3) is 11.2 Å². The van der Waals surface area contributed by atoms with Crippen molar-refractivity contribution in [2.75, 3.05) is 31.1 Å². The van der Waals surface area contributed by atoms with E-state index in [9.17, 15) is 4.79 Å². The van der Waals surface area contributed by atoms with Gasteiger partial charge in [-0.15, -0.1) is 0 Å². The molecule has 0 spiro atoms. The van der Waals surface area contributed by atoms with Crippen LogP contribution in [0.15, 0.2) is 12.7 Å². The fraction of sp³-hybridized carbons (Fsp3) is 0.647. The van der Waals surface area contributed by atoms with Crippen LogP contribution in [0.3, 0.4) is 0 Å². The van der Waals surface area contributed by atoms with E-state index in [1.54, 1.807) is 12.7 Å². The third-order valence-electron chi connectivity index (χ3n) is 5.73. The second kappa shape index (κ2) is 6.17. The third kappa shape index (κ3) is 2.80. The van der Waals surface area contributed by atoms with E-state index < -0.39 is 0 Å². The molecule has 9 nitrogen and oxygen atoms in total. The minimum absolute atomic E-state index is 0.0499. The van der Waals surface area contributed by atoms with E-state index >= 15 is 0 Å². The SMILES string of the molecule is Cn1cnc2ncnc(N3CCN(C4NC(=O)CC(C5CC5)N4)CC3)c21. The maximum absolute atomic E-state index is 12.1. The number of anilines is 1. The number of nitrogens with one attached hydrogen (secondary N) is 2. The molecule has 9 heteroatoms. The van der Waals surface area contributed by atoms with Gasteiger partial charge in [0.05, 0.1) is 6.33 Å². The number of hydrogen-bond donors (Lipinski definition) is 2. The molecule has 1 amide bonds. The van der Waals surface area contributed by atoms with Crippen LogP contribution < -0.4 is 15.5 Å². The van der Waals surface area contributed by atoms with E-state index in [1.165, 1.54) is 12.8 Å². The van der Waals surface area contributed by atoms with Gasteiger partial charge in [0.25, 0.3) is 0 Å². The zero-order valence-electron chi connectivity index (χ0n) is 14.9. The predicted octanol–water partition coefficient (Wildman–Crippen LogP) is -0.343. The van der Waals surface area contributed by atoms with Gasteiger partial charge in [-0.1, -0.05) is 0 Å². The van der Waals surface area contributed by atoms with Crippen LogP contribution in [0, 0.1) is 5.92 Å². The van der Waals surface area contributed by atoms with Crippen molar-refractivity contribution in [2.45, 2.75) is 31.6 Å². The number of imidazole rings is 1. The van der Waals surface area contributed by atoms with E-state index in [-0.39, 0.29) is 12.2 Å². The van der Waals surface area contributed by atoms with Crippen molar-refractivity contribution >= 4 is 22.9 Å². The van der Waals surface area contributed by atoms with Gasteiger partial charge in [-0.05, 0) is 18.8 Å². The van der Waals surface area contributed by atoms with Crippen LogP contribution in [0.1, 0.15) is 19.3 Å². The van der Waals surface area contributed by atoms with Crippen molar-refractivity contribution in [3.63, 3.8) is 0 Å². The van der Waals surface area contributed by atoms with Gasteiger partial charge in [-0.3, -0.25) is 15.0 Å². The van der Waals surface area contributed by atoms with Gasteiger partial charge in [0.15, 0.2) is 11.5 Å². The van der Waals surface area contributed by atoms with Crippen LogP contribution in [0.2, 0.25) is 0 Å². The molecule has 0 bridgehead atoms. The molecule has 3 aliphatic rings. The molecular weight excluding hydrogens is 332 g/mol. The van der Waals surface area contributed by atoms with E-state index in [0.29, 0.717) is 18.4 Å². The van der Waals surface area contributed by atoms with Gasteiger partial charge in [0.1, 0.15) is 18.1 Å². The largest absolute Gasteiger partial charge is 0.352 e. The maximum atomic E-state index is 12.1. The van der Waals surface area contributed by atoms with Crippen molar-refractivity contribution in [3.8, 4) is 0 Å². The van der Waals surface area contributed by atoms with E-state index in [2.05, 4.69) is 35.4 Å². The van der Waals surface area contributed by atoms with Crippen molar-refractivity contribution in [1.82, 2.24) is 35.1 Å². The highest BCUT2D eigenvalue weighted by atomic mass is 16.2. The van der Waals surface area contributed by atoms with E-state index in [1.807, 2.05) is 11.6 Å². The number of amides is 1. The van der Waals surface area contributed by atoms with Crippen LogP contribution in [-0.4, -0.2) is 68.8 Å². The number of aromatic nitrogens is 4. The summed E-state index contributed by atoms with van der Waals surface area (Å²) in [7, 11) is 1.97. The first-order valence-corrected chi connectivity index (χ1v) is 9.35. The molecule has 2 aromatic heterocycles. The van der Waals surface area contributed by atoms with E-state index in [0.717, 1.165) is 43.2 Å². The second-order valence-corrected chi connectivity index (χ2v) is 7.53. The summed E-state index contributed by atoms with van der Waals surface area (Å²) in [5, 5.41) is 6.75. The Kier molecular flexibility index (Phi) is 3.79. The molecule has 2 aliphatic heterocycles. The monoisotopic (exact) mass is 356 g/mol. The molecule has 4 heterocycles. The molecule has 1 aliphatic carbocycles. The first-order valence-electron chi connectivity index (χ1n) is 9.35. The standard InChI is InChI=1S/C17H24N8O/c1-23-10-20-15-14(23)16(19-9-18-15)24-4-6-25(7-5-24)17-21-12(11-2-3-11)8-13(26)22-17/h9-12,17,21H,2-8H2,1H3,(H,22,26). The number of carbonyl (C=O) groups is 1. The molecule has 2 aromatic rings. The quantitative estimate of drug-likeness (QED) is 0.777. The highest BCUT2D eigenvalue weighted by molar-refractivity contribution is 5.83. The summed E-state index contributed by atoms with van der Waals surface area (Å²) in [5.74, 6) is 1.79. The van der Waals surface area contributed by atoms with Crippen LogP contribution in [0.5, 0.6) is 0 Å². The number of rotatable bonds is 3. The molecule has 138 valence electrons. The van der Waals surface area contributed by atoms with Gasteiger partial charge in [-0.2, -0.15) is 0 Å². The van der Waals surface area contributed by atoms with Crippen LogP contribution in [0.4, 0.5) is 5.82 Å². The Hall–Kier alpha value is -2.26. The Morgan fingerprint density at radius 2 is 1.92 bits per heavy atom. The number of fused-ring (bicyclic) bond motifs is 1. The Morgan fingerprint density at radius 1 is 1.12 bits per heavy atom. The van der Waals surface area contributed by atoms with E-state index in [4.69, 9.17) is 0 Å². The average Bonchev–Trinajstić information content (AvgIpc) is 3.45. The number of piperazine rings is 1. The Labute approximate surface area is 151 Å². The average molecular weight is 356 g/mol. The maximum Gasteiger partial charge on any atom is 0.223 e. The lowest BCUT2D eigenvalue weighted by atomic mass is 10.1. The molecule has 26 heavy (non-hydrogen) atoms. The molecule has 1 saturated carbocycles. The van der Waals surface area contributed by atoms with Gasteiger partial charge in [0, 0.05) is 45.7 Å². The Morgan fingerprint density at radius 3 is 2.69 bits per heavy atom. The summed E-state index contributed by atoms with van der Waals surface area (Å²) in [6, 6.07) is 0.336. The van der Waals surface area contributed by atoms with Crippen molar-refractivity contribution in [3.05, 3.63) is 12.7 Å². The summed E-state index contributed by atoms with van der Waals surface area (Å²) in [6.07, 6.45) is 6.42. The molecular formula is C17H24N8O. The van der Waals surface area contributed by atoms with Crippen molar-refractivity contribution in [2.24, 2.45) is 13.0 Å². The summed E-state index contributed by atoms with van der Waals surface area (Å²) in [6.45, 7) is 3.47. The lowest BCUT2D eigenvalue weighted by Crippen LogP contribution is -2.67. The summed E-state index contributed by atoms with van der Waals surface area (Å²) >= 11 is 0.